The molecule has 1 aromatic carbocycles. The molecule has 0 saturated heterocycles. The van der Waals surface area contributed by atoms with Crippen LogP contribution < -0.4 is 5.73 Å². The second-order valence-corrected chi connectivity index (χ2v) is 6.60. The van der Waals surface area contributed by atoms with Gasteiger partial charge in [0, 0.05) is 17.8 Å². The van der Waals surface area contributed by atoms with Crippen molar-refractivity contribution in [3.8, 4) is 11.4 Å². The molecule has 5 nitrogen and oxygen atoms in total. The van der Waals surface area contributed by atoms with Gasteiger partial charge in [0.1, 0.15) is 0 Å². The minimum absolute atomic E-state index is 0.756. The van der Waals surface area contributed by atoms with Gasteiger partial charge in [0.15, 0.2) is 5.82 Å². The predicted molar refractivity (Wildman–Crippen MR) is 81.3 cm³/mol. The van der Waals surface area contributed by atoms with Crippen LogP contribution in [-0.4, -0.2) is 20.2 Å². The molecule has 2 fully saturated rings. The number of anilines is 1. The molecular formula is C16H21N5. The maximum Gasteiger partial charge on any atom is 0.182 e. The molecule has 2 N–H and O–H groups in total. The Balaban J connectivity index is 1.65. The van der Waals surface area contributed by atoms with Crippen LogP contribution in [-0.2, 0) is 6.54 Å². The van der Waals surface area contributed by atoms with Crippen molar-refractivity contribution in [2.75, 3.05) is 5.73 Å². The highest BCUT2D eigenvalue weighted by Crippen LogP contribution is 2.50. The van der Waals surface area contributed by atoms with E-state index in [4.69, 9.17) is 5.73 Å². The van der Waals surface area contributed by atoms with Gasteiger partial charge in [0.05, 0.1) is 0 Å². The van der Waals surface area contributed by atoms with Gasteiger partial charge in [-0.2, -0.15) is 0 Å². The largest absolute Gasteiger partial charge is 0.399 e. The Morgan fingerprint density at radius 1 is 1.24 bits per heavy atom. The second kappa shape index (κ2) is 4.83. The molecule has 1 heterocycles. The highest BCUT2D eigenvalue weighted by atomic mass is 15.5. The number of nitrogen functional groups attached to an aromatic ring is 1. The standard InChI is InChI=1S/C16H21N5/c1-10-2-7-13(17)8-14(10)16-18-19-20-21(16)9-15(11-3-4-11)12-5-6-12/h2,7-8,11-12,15H,3-6,9,17H2,1H3. The number of aryl methyl sites for hydroxylation is 1. The number of aromatic nitrogens is 4. The number of benzene rings is 1. The van der Waals surface area contributed by atoms with E-state index in [-0.39, 0.29) is 0 Å². The van der Waals surface area contributed by atoms with Crippen LogP contribution in [0.3, 0.4) is 0 Å². The summed E-state index contributed by atoms with van der Waals surface area (Å²) in [5.74, 6) is 3.41. The summed E-state index contributed by atoms with van der Waals surface area (Å²) in [6.07, 6.45) is 5.54. The molecule has 0 atom stereocenters. The number of hydrogen-bond acceptors (Lipinski definition) is 4. The third kappa shape index (κ3) is 2.52. The fraction of sp³-hybridized carbons (Fsp3) is 0.562. The van der Waals surface area contributed by atoms with E-state index in [9.17, 15) is 0 Å². The van der Waals surface area contributed by atoms with E-state index >= 15 is 0 Å². The normalized spacial score (nSPS) is 18.4. The summed E-state index contributed by atoms with van der Waals surface area (Å²) in [4.78, 5) is 0. The zero-order chi connectivity index (χ0) is 14.4. The van der Waals surface area contributed by atoms with Crippen molar-refractivity contribution in [1.29, 1.82) is 0 Å². The summed E-state index contributed by atoms with van der Waals surface area (Å²) >= 11 is 0. The summed E-state index contributed by atoms with van der Waals surface area (Å²) in [7, 11) is 0. The highest BCUT2D eigenvalue weighted by molar-refractivity contribution is 5.65. The van der Waals surface area contributed by atoms with Crippen molar-refractivity contribution in [1.82, 2.24) is 20.2 Å². The zero-order valence-electron chi connectivity index (χ0n) is 12.4. The van der Waals surface area contributed by atoms with Gasteiger partial charge in [0.25, 0.3) is 0 Å². The van der Waals surface area contributed by atoms with Crippen LogP contribution in [0, 0.1) is 24.7 Å². The minimum atomic E-state index is 0.756. The average molecular weight is 283 g/mol. The molecule has 0 aliphatic heterocycles. The molecule has 2 saturated carbocycles. The van der Waals surface area contributed by atoms with Gasteiger partial charge < -0.3 is 5.73 Å². The van der Waals surface area contributed by atoms with Crippen LogP contribution in [0.1, 0.15) is 31.2 Å². The Hall–Kier alpha value is -1.91. The van der Waals surface area contributed by atoms with Crippen LogP contribution in [0.4, 0.5) is 5.69 Å². The Morgan fingerprint density at radius 2 is 1.95 bits per heavy atom. The summed E-state index contributed by atoms with van der Waals surface area (Å²) < 4.78 is 1.99. The van der Waals surface area contributed by atoms with Gasteiger partial charge in [-0.25, -0.2) is 4.68 Å². The number of rotatable bonds is 5. The highest BCUT2D eigenvalue weighted by Gasteiger charge is 2.41. The van der Waals surface area contributed by atoms with Gasteiger partial charge in [-0.05, 0) is 78.5 Å². The van der Waals surface area contributed by atoms with Crippen LogP contribution in [0.2, 0.25) is 0 Å². The van der Waals surface area contributed by atoms with E-state index in [0.29, 0.717) is 0 Å². The van der Waals surface area contributed by atoms with Crippen LogP contribution in [0.5, 0.6) is 0 Å². The fourth-order valence-corrected chi connectivity index (χ4v) is 3.33. The van der Waals surface area contributed by atoms with E-state index in [1.54, 1.807) is 0 Å². The second-order valence-electron chi connectivity index (χ2n) is 6.60. The minimum Gasteiger partial charge on any atom is -0.399 e. The molecule has 0 spiro atoms. The molecule has 110 valence electrons. The molecule has 0 bridgehead atoms. The lowest BCUT2D eigenvalue weighted by Gasteiger charge is -2.16. The molecule has 0 radical (unpaired) electrons. The van der Waals surface area contributed by atoms with E-state index < -0.39 is 0 Å². The summed E-state index contributed by atoms with van der Waals surface area (Å²) in [6.45, 7) is 3.03. The maximum absolute atomic E-state index is 5.92. The Labute approximate surface area is 124 Å². The lowest BCUT2D eigenvalue weighted by atomic mass is 9.98. The molecule has 5 heteroatoms. The van der Waals surface area contributed by atoms with Crippen molar-refractivity contribution in [2.24, 2.45) is 17.8 Å². The third-order valence-electron chi connectivity index (χ3n) is 4.87. The van der Waals surface area contributed by atoms with E-state index in [2.05, 4.69) is 22.4 Å². The Morgan fingerprint density at radius 3 is 2.62 bits per heavy atom. The SMILES string of the molecule is Cc1ccc(N)cc1-c1nnnn1CC(C1CC1)C1CC1. The first-order chi connectivity index (χ1) is 10.2. The van der Waals surface area contributed by atoms with E-state index in [1.165, 1.54) is 25.7 Å². The molecule has 2 aliphatic carbocycles. The van der Waals surface area contributed by atoms with Crippen LogP contribution >= 0.6 is 0 Å². The first kappa shape index (κ1) is 12.8. The smallest absolute Gasteiger partial charge is 0.182 e. The van der Waals surface area contributed by atoms with E-state index in [0.717, 1.165) is 46.9 Å². The monoisotopic (exact) mass is 283 g/mol. The fourth-order valence-electron chi connectivity index (χ4n) is 3.33. The van der Waals surface area contributed by atoms with Crippen molar-refractivity contribution in [3.63, 3.8) is 0 Å². The topological polar surface area (TPSA) is 69.6 Å². The molecule has 0 unspecified atom stereocenters. The molecule has 2 aromatic rings. The number of hydrogen-bond donors (Lipinski definition) is 1. The molecule has 2 aliphatic rings. The maximum atomic E-state index is 5.92. The third-order valence-corrected chi connectivity index (χ3v) is 4.87. The van der Waals surface area contributed by atoms with Crippen molar-refractivity contribution >= 4 is 5.69 Å². The number of nitrogens with zero attached hydrogens (tertiary/aromatic N) is 4. The Kier molecular flexibility index (Phi) is 2.94. The number of nitrogens with two attached hydrogens (primary N) is 1. The molecule has 21 heavy (non-hydrogen) atoms. The van der Waals surface area contributed by atoms with Crippen molar-refractivity contribution < 1.29 is 0 Å². The first-order valence-electron chi connectivity index (χ1n) is 7.85. The summed E-state index contributed by atoms with van der Waals surface area (Å²) in [5.41, 5.74) is 8.89. The zero-order valence-corrected chi connectivity index (χ0v) is 12.4. The lowest BCUT2D eigenvalue weighted by Crippen LogP contribution is -2.17. The Bertz CT molecular complexity index is 642. The predicted octanol–water partition coefficient (Wildman–Crippen LogP) is 2.67. The molecule has 1 aromatic heterocycles. The molecule has 4 rings (SSSR count). The average Bonchev–Trinajstić information content (AvgIpc) is 3.39. The van der Waals surface area contributed by atoms with Crippen LogP contribution in [0.15, 0.2) is 18.2 Å². The lowest BCUT2D eigenvalue weighted by molar-refractivity contribution is 0.331. The van der Waals surface area contributed by atoms with Crippen molar-refractivity contribution in [2.45, 2.75) is 39.2 Å². The summed E-state index contributed by atoms with van der Waals surface area (Å²) in [5, 5.41) is 12.4. The van der Waals surface area contributed by atoms with Gasteiger partial charge in [-0.15, -0.1) is 5.10 Å². The molecular weight excluding hydrogens is 262 g/mol. The summed E-state index contributed by atoms with van der Waals surface area (Å²) in [6, 6.07) is 5.92. The number of tetrazole rings is 1. The van der Waals surface area contributed by atoms with Gasteiger partial charge in [-0.3, -0.25) is 0 Å². The van der Waals surface area contributed by atoms with E-state index in [1.807, 2.05) is 22.9 Å². The van der Waals surface area contributed by atoms with Crippen LogP contribution in [0.25, 0.3) is 11.4 Å². The first-order valence-corrected chi connectivity index (χ1v) is 7.85. The van der Waals surface area contributed by atoms with Crippen molar-refractivity contribution in [3.05, 3.63) is 23.8 Å². The quantitative estimate of drug-likeness (QED) is 0.856. The molecule has 0 amide bonds. The van der Waals surface area contributed by atoms with Gasteiger partial charge >= 0.3 is 0 Å². The van der Waals surface area contributed by atoms with Gasteiger partial charge in [0.2, 0.25) is 0 Å². The van der Waals surface area contributed by atoms with Gasteiger partial charge in [-0.1, -0.05) is 6.07 Å².